The second-order valence-electron chi connectivity index (χ2n) is 4.15. The van der Waals surface area contributed by atoms with E-state index in [1.807, 2.05) is 42.5 Å². The van der Waals surface area contributed by atoms with Crippen molar-refractivity contribution in [2.45, 2.75) is 6.54 Å². The van der Waals surface area contributed by atoms with Gasteiger partial charge in [0.05, 0.1) is 11.0 Å². The van der Waals surface area contributed by atoms with Gasteiger partial charge >= 0.3 is 0 Å². The van der Waals surface area contributed by atoms with E-state index in [0.29, 0.717) is 6.54 Å². The third kappa shape index (κ3) is 2.05. The fourth-order valence-electron chi connectivity index (χ4n) is 1.93. The number of aromatic nitrogens is 2. The van der Waals surface area contributed by atoms with Crippen LogP contribution in [0.5, 0.6) is 0 Å². The second kappa shape index (κ2) is 4.55. The number of H-pyrrole nitrogens is 1. The summed E-state index contributed by atoms with van der Waals surface area (Å²) in [5.74, 6) is 0.881. The quantitative estimate of drug-likeness (QED) is 0.762. The lowest BCUT2D eigenvalue weighted by Gasteiger charge is -1.96. The average Bonchev–Trinajstić information content (AvgIpc) is 2.82. The SMILES string of the molecule is NCc1ccc2nc(-c3ccc(Br)cc3)[nH]c2c1. The van der Waals surface area contributed by atoms with E-state index in [-0.39, 0.29) is 0 Å². The first-order valence-corrected chi connectivity index (χ1v) is 6.50. The highest BCUT2D eigenvalue weighted by Crippen LogP contribution is 2.22. The number of nitrogens with one attached hydrogen (secondary N) is 1. The van der Waals surface area contributed by atoms with Crippen molar-refractivity contribution < 1.29 is 0 Å². The summed E-state index contributed by atoms with van der Waals surface area (Å²) in [6.45, 7) is 0.544. The summed E-state index contributed by atoms with van der Waals surface area (Å²) >= 11 is 3.43. The van der Waals surface area contributed by atoms with E-state index in [1.165, 1.54) is 0 Å². The van der Waals surface area contributed by atoms with Crippen LogP contribution in [0.25, 0.3) is 22.4 Å². The monoisotopic (exact) mass is 301 g/mol. The van der Waals surface area contributed by atoms with E-state index < -0.39 is 0 Å². The largest absolute Gasteiger partial charge is 0.338 e. The molecule has 90 valence electrons. The Kier molecular flexibility index (Phi) is 2.89. The molecule has 0 saturated heterocycles. The minimum Gasteiger partial charge on any atom is -0.338 e. The Balaban J connectivity index is 2.10. The Bertz CT molecular complexity index is 686. The van der Waals surface area contributed by atoms with Crippen LogP contribution in [0.1, 0.15) is 5.56 Å². The van der Waals surface area contributed by atoms with Crippen molar-refractivity contribution in [3.63, 3.8) is 0 Å². The maximum atomic E-state index is 5.64. The van der Waals surface area contributed by atoms with Crippen LogP contribution in [0.15, 0.2) is 46.9 Å². The maximum Gasteiger partial charge on any atom is 0.138 e. The van der Waals surface area contributed by atoms with Crippen LogP contribution in [-0.2, 0) is 6.54 Å². The fraction of sp³-hybridized carbons (Fsp3) is 0.0714. The molecule has 0 spiro atoms. The number of benzene rings is 2. The Morgan fingerprint density at radius 1 is 1.11 bits per heavy atom. The lowest BCUT2D eigenvalue weighted by Crippen LogP contribution is -1.95. The number of halogens is 1. The van der Waals surface area contributed by atoms with Gasteiger partial charge in [0.2, 0.25) is 0 Å². The van der Waals surface area contributed by atoms with Gasteiger partial charge in [0.1, 0.15) is 5.82 Å². The number of fused-ring (bicyclic) bond motifs is 1. The summed E-state index contributed by atoms with van der Waals surface area (Å²) in [7, 11) is 0. The van der Waals surface area contributed by atoms with E-state index in [2.05, 4.69) is 25.9 Å². The number of imidazole rings is 1. The number of hydrogen-bond acceptors (Lipinski definition) is 2. The highest BCUT2D eigenvalue weighted by molar-refractivity contribution is 9.10. The number of hydrogen-bond donors (Lipinski definition) is 2. The molecule has 0 saturated carbocycles. The summed E-state index contributed by atoms with van der Waals surface area (Å²) in [5, 5.41) is 0. The number of aromatic amines is 1. The molecule has 0 bridgehead atoms. The molecule has 18 heavy (non-hydrogen) atoms. The first kappa shape index (κ1) is 11.4. The topological polar surface area (TPSA) is 54.7 Å². The van der Waals surface area contributed by atoms with Gasteiger partial charge in [-0.25, -0.2) is 4.98 Å². The standard InChI is InChI=1S/C14H12BrN3/c15-11-4-2-10(3-5-11)14-17-12-6-1-9(8-16)7-13(12)18-14/h1-7H,8,16H2,(H,17,18). The minimum absolute atomic E-state index is 0.544. The van der Waals surface area contributed by atoms with Crippen LogP contribution in [0.3, 0.4) is 0 Å². The molecule has 0 unspecified atom stereocenters. The van der Waals surface area contributed by atoms with Crippen molar-refractivity contribution >= 4 is 27.0 Å². The van der Waals surface area contributed by atoms with Crippen LogP contribution in [0.2, 0.25) is 0 Å². The summed E-state index contributed by atoms with van der Waals surface area (Å²) in [6.07, 6.45) is 0. The van der Waals surface area contributed by atoms with Crippen molar-refractivity contribution in [1.82, 2.24) is 9.97 Å². The summed E-state index contributed by atoms with van der Waals surface area (Å²) in [4.78, 5) is 7.90. The van der Waals surface area contributed by atoms with Gasteiger partial charge in [-0.15, -0.1) is 0 Å². The van der Waals surface area contributed by atoms with Crippen molar-refractivity contribution in [3.8, 4) is 11.4 Å². The summed E-state index contributed by atoms with van der Waals surface area (Å²) in [6, 6.07) is 14.1. The molecule has 0 aliphatic carbocycles. The van der Waals surface area contributed by atoms with Crippen LogP contribution in [0.4, 0.5) is 0 Å². The molecule has 3 rings (SSSR count). The van der Waals surface area contributed by atoms with Crippen LogP contribution < -0.4 is 5.73 Å². The van der Waals surface area contributed by atoms with Crippen molar-refractivity contribution in [2.75, 3.05) is 0 Å². The van der Waals surface area contributed by atoms with Gasteiger partial charge in [-0.2, -0.15) is 0 Å². The second-order valence-corrected chi connectivity index (χ2v) is 5.06. The summed E-state index contributed by atoms with van der Waals surface area (Å²) in [5.41, 5.74) is 9.80. The third-order valence-electron chi connectivity index (χ3n) is 2.90. The van der Waals surface area contributed by atoms with Crippen molar-refractivity contribution in [3.05, 3.63) is 52.5 Å². The minimum atomic E-state index is 0.544. The van der Waals surface area contributed by atoms with Crippen molar-refractivity contribution in [1.29, 1.82) is 0 Å². The van der Waals surface area contributed by atoms with Gasteiger partial charge in [0.25, 0.3) is 0 Å². The molecule has 1 aromatic heterocycles. The maximum absolute atomic E-state index is 5.64. The lowest BCUT2D eigenvalue weighted by atomic mass is 10.2. The first-order valence-electron chi connectivity index (χ1n) is 5.71. The molecule has 3 nitrogen and oxygen atoms in total. The molecule has 0 aliphatic heterocycles. The molecule has 0 radical (unpaired) electrons. The van der Waals surface area contributed by atoms with Gasteiger partial charge in [-0.1, -0.05) is 34.1 Å². The van der Waals surface area contributed by atoms with Gasteiger partial charge in [-0.3, -0.25) is 0 Å². The molecule has 2 aromatic carbocycles. The van der Waals surface area contributed by atoms with E-state index in [9.17, 15) is 0 Å². The predicted molar refractivity (Wildman–Crippen MR) is 77.1 cm³/mol. The molecular formula is C14H12BrN3. The number of nitrogens with zero attached hydrogens (tertiary/aromatic N) is 1. The smallest absolute Gasteiger partial charge is 0.138 e. The fourth-order valence-corrected chi connectivity index (χ4v) is 2.19. The molecule has 4 heteroatoms. The van der Waals surface area contributed by atoms with Crippen LogP contribution in [0, 0.1) is 0 Å². The lowest BCUT2D eigenvalue weighted by molar-refractivity contribution is 1.07. The molecule has 0 fully saturated rings. The van der Waals surface area contributed by atoms with Gasteiger partial charge < -0.3 is 10.7 Å². The Morgan fingerprint density at radius 3 is 2.61 bits per heavy atom. The van der Waals surface area contributed by atoms with Crippen LogP contribution >= 0.6 is 15.9 Å². The highest BCUT2D eigenvalue weighted by Gasteiger charge is 2.05. The van der Waals surface area contributed by atoms with Crippen LogP contribution in [-0.4, -0.2) is 9.97 Å². The van der Waals surface area contributed by atoms with E-state index in [1.54, 1.807) is 0 Å². The normalized spacial score (nSPS) is 11.0. The zero-order valence-corrected chi connectivity index (χ0v) is 11.2. The van der Waals surface area contributed by atoms with Gasteiger partial charge in [-0.05, 0) is 29.8 Å². The molecule has 3 aromatic rings. The van der Waals surface area contributed by atoms with E-state index in [0.717, 1.165) is 32.5 Å². The predicted octanol–water partition coefficient (Wildman–Crippen LogP) is 3.45. The molecule has 3 N–H and O–H groups in total. The van der Waals surface area contributed by atoms with E-state index >= 15 is 0 Å². The van der Waals surface area contributed by atoms with Gasteiger partial charge in [0.15, 0.2) is 0 Å². The Hall–Kier alpha value is -1.65. The van der Waals surface area contributed by atoms with E-state index in [4.69, 9.17) is 5.73 Å². The third-order valence-corrected chi connectivity index (χ3v) is 3.43. The summed E-state index contributed by atoms with van der Waals surface area (Å²) < 4.78 is 1.06. The number of nitrogens with two attached hydrogens (primary N) is 1. The highest BCUT2D eigenvalue weighted by atomic mass is 79.9. The average molecular weight is 302 g/mol. The first-order chi connectivity index (χ1) is 8.76. The Morgan fingerprint density at radius 2 is 1.89 bits per heavy atom. The molecular weight excluding hydrogens is 290 g/mol. The molecule has 0 aliphatic rings. The number of rotatable bonds is 2. The molecule has 1 heterocycles. The van der Waals surface area contributed by atoms with Crippen molar-refractivity contribution in [2.24, 2.45) is 5.73 Å². The Labute approximate surface area is 113 Å². The molecule has 0 amide bonds. The van der Waals surface area contributed by atoms with Gasteiger partial charge in [0, 0.05) is 16.6 Å². The zero-order valence-electron chi connectivity index (χ0n) is 9.65. The molecule has 0 atom stereocenters. The zero-order chi connectivity index (χ0) is 12.5.